The van der Waals surface area contributed by atoms with Crippen LogP contribution in [0.5, 0.6) is 0 Å². The first kappa shape index (κ1) is 33.1. The highest BCUT2D eigenvalue weighted by atomic mass is 32.2. The van der Waals surface area contributed by atoms with Crippen LogP contribution in [-0.2, 0) is 36.8 Å². The van der Waals surface area contributed by atoms with Crippen LogP contribution in [0.4, 0.5) is 0 Å². The van der Waals surface area contributed by atoms with E-state index in [0.29, 0.717) is 5.75 Å². The molecule has 0 spiro atoms. The molecular formula is C30H37N5O7S. The summed E-state index contributed by atoms with van der Waals surface area (Å²) in [5, 5.41) is 27.1. The van der Waals surface area contributed by atoms with Gasteiger partial charge in [0.1, 0.15) is 18.1 Å². The Hall–Kier alpha value is -4.36. The van der Waals surface area contributed by atoms with E-state index >= 15 is 0 Å². The zero-order valence-corrected chi connectivity index (χ0v) is 24.6. The van der Waals surface area contributed by atoms with Crippen LogP contribution >= 0.6 is 11.8 Å². The number of aromatic nitrogens is 1. The number of aliphatic carboxylic acids is 2. The smallest absolute Gasteiger partial charge is 0.326 e. The lowest BCUT2D eigenvalue weighted by Crippen LogP contribution is -2.58. The maximum atomic E-state index is 13.6. The largest absolute Gasteiger partial charge is 0.481 e. The molecule has 0 radical (unpaired) electrons. The molecule has 3 rings (SSSR count). The van der Waals surface area contributed by atoms with Gasteiger partial charge < -0.3 is 36.9 Å². The molecule has 43 heavy (non-hydrogen) atoms. The number of aromatic amines is 1. The highest BCUT2D eigenvalue weighted by Crippen LogP contribution is 2.19. The van der Waals surface area contributed by atoms with E-state index in [0.717, 1.165) is 22.0 Å². The van der Waals surface area contributed by atoms with Gasteiger partial charge in [0.05, 0.1) is 6.04 Å². The third kappa shape index (κ3) is 10.1. The van der Waals surface area contributed by atoms with Crippen LogP contribution in [-0.4, -0.2) is 81.0 Å². The van der Waals surface area contributed by atoms with E-state index < -0.39 is 60.2 Å². The Morgan fingerprint density at radius 1 is 0.814 bits per heavy atom. The van der Waals surface area contributed by atoms with Gasteiger partial charge in [-0.15, -0.1) is 0 Å². The second kappa shape index (κ2) is 16.3. The molecule has 0 bridgehead atoms. The van der Waals surface area contributed by atoms with Gasteiger partial charge in [-0.05, 0) is 48.5 Å². The number of hydrogen-bond acceptors (Lipinski definition) is 7. The Balaban J connectivity index is 1.75. The lowest BCUT2D eigenvalue weighted by Gasteiger charge is -2.25. The molecule has 3 amide bonds. The lowest BCUT2D eigenvalue weighted by atomic mass is 10.0. The minimum absolute atomic E-state index is 0.117. The van der Waals surface area contributed by atoms with Crippen LogP contribution in [0, 0.1) is 0 Å². The Morgan fingerprint density at radius 2 is 1.44 bits per heavy atom. The molecule has 8 N–H and O–H groups in total. The Bertz CT molecular complexity index is 1410. The maximum Gasteiger partial charge on any atom is 0.326 e. The molecule has 1 heterocycles. The molecule has 4 unspecified atom stereocenters. The molecule has 4 atom stereocenters. The summed E-state index contributed by atoms with van der Waals surface area (Å²) in [5.74, 6) is -4.07. The first-order valence-electron chi connectivity index (χ1n) is 13.8. The molecule has 0 aliphatic carbocycles. The van der Waals surface area contributed by atoms with Crippen molar-refractivity contribution < 1.29 is 34.2 Å². The van der Waals surface area contributed by atoms with Crippen molar-refractivity contribution >= 4 is 52.3 Å². The predicted molar refractivity (Wildman–Crippen MR) is 163 cm³/mol. The highest BCUT2D eigenvalue weighted by Gasteiger charge is 2.30. The third-order valence-electron chi connectivity index (χ3n) is 6.87. The number of amides is 3. The fraction of sp³-hybridized carbons (Fsp3) is 0.367. The van der Waals surface area contributed by atoms with Gasteiger partial charge in [0, 0.05) is 29.9 Å². The number of benzene rings is 2. The van der Waals surface area contributed by atoms with Gasteiger partial charge >= 0.3 is 11.9 Å². The number of hydrogen-bond donors (Lipinski definition) is 7. The summed E-state index contributed by atoms with van der Waals surface area (Å²) in [5.41, 5.74) is 8.79. The van der Waals surface area contributed by atoms with Gasteiger partial charge in [-0.1, -0.05) is 48.5 Å². The van der Waals surface area contributed by atoms with Crippen molar-refractivity contribution in [3.8, 4) is 0 Å². The van der Waals surface area contributed by atoms with Gasteiger partial charge in [-0.25, -0.2) is 4.79 Å². The molecule has 0 aliphatic rings. The number of thioether (sulfide) groups is 1. The molecule has 13 heteroatoms. The minimum atomic E-state index is -1.44. The average molecular weight is 612 g/mol. The number of carboxylic acids is 2. The number of H-pyrrole nitrogens is 1. The van der Waals surface area contributed by atoms with Crippen molar-refractivity contribution in [1.82, 2.24) is 20.9 Å². The fourth-order valence-electron chi connectivity index (χ4n) is 4.54. The van der Waals surface area contributed by atoms with Crippen molar-refractivity contribution in [2.24, 2.45) is 5.73 Å². The van der Waals surface area contributed by atoms with E-state index in [1.807, 2.05) is 36.6 Å². The van der Waals surface area contributed by atoms with Crippen molar-refractivity contribution in [3.63, 3.8) is 0 Å². The molecule has 12 nitrogen and oxygen atoms in total. The van der Waals surface area contributed by atoms with Gasteiger partial charge in [0.2, 0.25) is 17.7 Å². The second-order valence-corrected chi connectivity index (χ2v) is 11.1. The summed E-state index contributed by atoms with van der Waals surface area (Å²) in [6.07, 6.45) is 3.35. The molecule has 0 aliphatic heterocycles. The molecular weight excluding hydrogens is 574 g/mol. The van der Waals surface area contributed by atoms with Crippen molar-refractivity contribution in [3.05, 3.63) is 71.9 Å². The van der Waals surface area contributed by atoms with Gasteiger partial charge in [-0.2, -0.15) is 11.8 Å². The van der Waals surface area contributed by atoms with Crippen molar-refractivity contribution in [1.29, 1.82) is 0 Å². The Labute approximate surface area is 253 Å². The quantitative estimate of drug-likeness (QED) is 0.118. The first-order valence-corrected chi connectivity index (χ1v) is 15.2. The maximum absolute atomic E-state index is 13.6. The number of nitrogens with one attached hydrogen (secondary N) is 4. The zero-order chi connectivity index (χ0) is 31.4. The molecule has 0 fully saturated rings. The van der Waals surface area contributed by atoms with Crippen LogP contribution in [0.25, 0.3) is 10.9 Å². The average Bonchev–Trinajstić information content (AvgIpc) is 3.39. The van der Waals surface area contributed by atoms with E-state index in [1.54, 1.807) is 30.5 Å². The van der Waals surface area contributed by atoms with Crippen molar-refractivity contribution in [2.45, 2.75) is 56.3 Å². The molecule has 3 aromatic rings. The molecule has 0 saturated carbocycles. The van der Waals surface area contributed by atoms with E-state index in [1.165, 1.54) is 11.8 Å². The summed E-state index contributed by atoms with van der Waals surface area (Å²) >= 11 is 1.43. The number of carboxylic acid groups (broad SMARTS) is 2. The Morgan fingerprint density at radius 3 is 2.12 bits per heavy atom. The van der Waals surface area contributed by atoms with Crippen LogP contribution < -0.4 is 21.7 Å². The van der Waals surface area contributed by atoms with Crippen LogP contribution in [0.15, 0.2) is 60.8 Å². The number of nitrogens with two attached hydrogens (primary N) is 1. The number of para-hydroxylation sites is 1. The van der Waals surface area contributed by atoms with Gasteiger partial charge in [0.15, 0.2) is 0 Å². The zero-order valence-electron chi connectivity index (χ0n) is 23.7. The molecule has 230 valence electrons. The summed E-state index contributed by atoms with van der Waals surface area (Å²) in [6, 6.07) is 12.0. The van der Waals surface area contributed by atoms with E-state index in [4.69, 9.17) is 10.8 Å². The van der Waals surface area contributed by atoms with Crippen LogP contribution in [0.3, 0.4) is 0 Å². The number of fused-ring (bicyclic) bond motifs is 1. The summed E-state index contributed by atoms with van der Waals surface area (Å²) in [4.78, 5) is 65.6. The lowest BCUT2D eigenvalue weighted by molar-refractivity contribution is -0.143. The Kier molecular flexibility index (Phi) is 12.6. The summed E-state index contributed by atoms with van der Waals surface area (Å²) in [7, 11) is 0. The van der Waals surface area contributed by atoms with Gasteiger partial charge in [-0.3, -0.25) is 19.2 Å². The monoisotopic (exact) mass is 611 g/mol. The second-order valence-electron chi connectivity index (χ2n) is 10.1. The van der Waals surface area contributed by atoms with E-state index in [9.17, 15) is 29.1 Å². The minimum Gasteiger partial charge on any atom is -0.481 e. The van der Waals surface area contributed by atoms with Gasteiger partial charge in [0.25, 0.3) is 0 Å². The number of carbonyl (C=O) groups excluding carboxylic acids is 3. The molecule has 0 saturated heterocycles. The standard InChI is InChI=1S/C30H37N5O7S/c1-43-14-13-23(28(39)34-24(30(41)42)11-12-26(36)37)33-29(40)25(15-18-7-3-2-4-8-18)35-27(38)21(31)16-19-17-32-22-10-6-5-9-20(19)22/h2-10,17,21,23-25,32H,11-16,31H2,1H3,(H,33,40)(H,34,39)(H,35,38)(H,36,37)(H,41,42). The van der Waals surface area contributed by atoms with E-state index in [-0.39, 0.29) is 25.7 Å². The van der Waals surface area contributed by atoms with Crippen LogP contribution in [0.1, 0.15) is 30.4 Å². The molecule has 2 aromatic carbocycles. The number of rotatable bonds is 17. The summed E-state index contributed by atoms with van der Waals surface area (Å²) in [6.45, 7) is 0. The van der Waals surface area contributed by atoms with Crippen LogP contribution in [0.2, 0.25) is 0 Å². The SMILES string of the molecule is CSCCC(NC(=O)C(Cc1ccccc1)NC(=O)C(N)Cc1c[nH]c2ccccc12)C(=O)NC(CCC(=O)O)C(=O)O. The fourth-order valence-corrected chi connectivity index (χ4v) is 5.01. The topological polar surface area (TPSA) is 204 Å². The first-order chi connectivity index (χ1) is 20.6. The molecule has 1 aromatic heterocycles. The normalized spacial score (nSPS) is 13.8. The van der Waals surface area contributed by atoms with Crippen molar-refractivity contribution in [2.75, 3.05) is 12.0 Å². The number of carbonyl (C=O) groups is 5. The summed E-state index contributed by atoms with van der Waals surface area (Å²) < 4.78 is 0. The highest BCUT2D eigenvalue weighted by molar-refractivity contribution is 7.98. The third-order valence-corrected chi connectivity index (χ3v) is 7.52. The predicted octanol–water partition coefficient (Wildman–Crippen LogP) is 1.44. The van der Waals surface area contributed by atoms with E-state index in [2.05, 4.69) is 20.9 Å².